The third-order valence-electron chi connectivity index (χ3n) is 3.21. The summed E-state index contributed by atoms with van der Waals surface area (Å²) in [5.41, 5.74) is 1.25. The highest BCUT2D eigenvalue weighted by Crippen LogP contribution is 2.31. The zero-order chi connectivity index (χ0) is 13.6. The second-order valence-corrected chi connectivity index (χ2v) is 7.13. The second-order valence-electron chi connectivity index (χ2n) is 4.82. The van der Waals surface area contributed by atoms with Crippen molar-refractivity contribution in [3.63, 3.8) is 0 Å². The van der Waals surface area contributed by atoms with Gasteiger partial charge in [0.2, 0.25) is 0 Å². The fourth-order valence-corrected chi connectivity index (χ4v) is 4.06. The Morgan fingerprint density at radius 1 is 1.45 bits per heavy atom. The Bertz CT molecular complexity index is 523. The first-order valence-electron chi connectivity index (χ1n) is 6.85. The molecule has 0 amide bonds. The molecule has 0 unspecified atom stereocenters. The van der Waals surface area contributed by atoms with Crippen molar-refractivity contribution in [2.75, 3.05) is 18.4 Å². The molecule has 2 aromatic rings. The monoisotopic (exact) mass is 306 g/mol. The van der Waals surface area contributed by atoms with Gasteiger partial charge in [-0.3, -0.25) is 4.98 Å². The van der Waals surface area contributed by atoms with Gasteiger partial charge in [0, 0.05) is 30.7 Å². The molecule has 106 valence electrons. The SMILES string of the molecule is c1cncc(CSc2cnc(N[C@@H]3CCCNC3)s2)c1. The molecule has 3 rings (SSSR count). The number of pyridine rings is 1. The highest BCUT2D eigenvalue weighted by molar-refractivity contribution is 8.00. The smallest absolute Gasteiger partial charge is 0.183 e. The van der Waals surface area contributed by atoms with Crippen molar-refractivity contribution < 1.29 is 0 Å². The van der Waals surface area contributed by atoms with Gasteiger partial charge in [-0.1, -0.05) is 17.4 Å². The van der Waals surface area contributed by atoms with Gasteiger partial charge < -0.3 is 10.6 Å². The molecule has 4 nitrogen and oxygen atoms in total. The number of nitrogens with one attached hydrogen (secondary N) is 2. The molecule has 1 aliphatic heterocycles. The molecule has 0 saturated carbocycles. The average Bonchev–Trinajstić information content (AvgIpc) is 2.95. The van der Waals surface area contributed by atoms with Gasteiger partial charge in [-0.15, -0.1) is 11.8 Å². The Balaban J connectivity index is 1.51. The largest absolute Gasteiger partial charge is 0.357 e. The Hall–Kier alpha value is -1.11. The molecule has 1 fully saturated rings. The number of aromatic nitrogens is 2. The van der Waals surface area contributed by atoms with Crippen LogP contribution >= 0.6 is 23.1 Å². The topological polar surface area (TPSA) is 49.8 Å². The first kappa shape index (κ1) is 13.9. The molecule has 2 N–H and O–H groups in total. The van der Waals surface area contributed by atoms with Gasteiger partial charge in [-0.25, -0.2) is 4.98 Å². The molecular weight excluding hydrogens is 288 g/mol. The molecule has 0 radical (unpaired) electrons. The number of thioether (sulfide) groups is 1. The van der Waals surface area contributed by atoms with Crippen molar-refractivity contribution in [1.29, 1.82) is 0 Å². The van der Waals surface area contributed by atoms with Crippen LogP contribution in [0, 0.1) is 0 Å². The fourth-order valence-electron chi connectivity index (χ4n) is 2.18. The Kier molecular flexibility index (Phi) is 4.89. The molecule has 2 aromatic heterocycles. The van der Waals surface area contributed by atoms with Gasteiger partial charge in [-0.2, -0.15) is 0 Å². The van der Waals surface area contributed by atoms with Crippen LogP contribution in [0.2, 0.25) is 0 Å². The zero-order valence-corrected chi connectivity index (χ0v) is 12.8. The first-order chi connectivity index (χ1) is 9.90. The lowest BCUT2D eigenvalue weighted by Crippen LogP contribution is -2.38. The molecule has 0 aliphatic carbocycles. The summed E-state index contributed by atoms with van der Waals surface area (Å²) in [6, 6.07) is 4.60. The van der Waals surface area contributed by atoms with Crippen LogP contribution in [-0.2, 0) is 5.75 Å². The summed E-state index contributed by atoms with van der Waals surface area (Å²) in [4.78, 5) is 8.60. The van der Waals surface area contributed by atoms with Crippen LogP contribution in [0.25, 0.3) is 0 Å². The van der Waals surface area contributed by atoms with Crippen molar-refractivity contribution in [3.05, 3.63) is 36.3 Å². The highest BCUT2D eigenvalue weighted by Gasteiger charge is 2.14. The van der Waals surface area contributed by atoms with Crippen LogP contribution < -0.4 is 10.6 Å². The van der Waals surface area contributed by atoms with Crippen molar-refractivity contribution in [2.45, 2.75) is 28.8 Å². The lowest BCUT2D eigenvalue weighted by molar-refractivity contribution is 0.480. The van der Waals surface area contributed by atoms with Gasteiger partial charge in [-0.05, 0) is 31.0 Å². The maximum atomic E-state index is 4.47. The van der Waals surface area contributed by atoms with Crippen LogP contribution in [0.15, 0.2) is 34.9 Å². The molecule has 20 heavy (non-hydrogen) atoms. The Morgan fingerprint density at radius 3 is 3.25 bits per heavy atom. The Morgan fingerprint density at radius 2 is 2.45 bits per heavy atom. The van der Waals surface area contributed by atoms with Crippen LogP contribution in [-0.4, -0.2) is 29.1 Å². The standard InChI is InChI=1S/C14H18N4S2/c1-3-11(7-15-5-1)10-19-13-9-17-14(20-13)18-12-4-2-6-16-8-12/h1,3,5,7,9,12,16H,2,4,6,8,10H2,(H,17,18)/t12-/m1/s1. The first-order valence-corrected chi connectivity index (χ1v) is 8.65. The second kappa shape index (κ2) is 7.06. The van der Waals surface area contributed by atoms with Crippen LogP contribution in [0.5, 0.6) is 0 Å². The van der Waals surface area contributed by atoms with Gasteiger partial charge >= 0.3 is 0 Å². The lowest BCUT2D eigenvalue weighted by Gasteiger charge is -2.23. The molecule has 1 aliphatic rings. The van der Waals surface area contributed by atoms with Gasteiger partial charge in [0.15, 0.2) is 5.13 Å². The van der Waals surface area contributed by atoms with Crippen LogP contribution in [0.1, 0.15) is 18.4 Å². The van der Waals surface area contributed by atoms with E-state index < -0.39 is 0 Å². The number of nitrogens with zero attached hydrogens (tertiary/aromatic N) is 2. The van der Waals surface area contributed by atoms with E-state index in [1.807, 2.05) is 30.2 Å². The maximum absolute atomic E-state index is 4.47. The minimum absolute atomic E-state index is 0.520. The zero-order valence-electron chi connectivity index (χ0n) is 11.2. The van der Waals surface area contributed by atoms with Gasteiger partial charge in [0.25, 0.3) is 0 Å². The Labute approximate surface area is 127 Å². The quantitative estimate of drug-likeness (QED) is 0.832. The molecule has 6 heteroatoms. The third-order valence-corrected chi connectivity index (χ3v) is 5.41. The summed E-state index contributed by atoms with van der Waals surface area (Å²) >= 11 is 3.56. The summed E-state index contributed by atoms with van der Waals surface area (Å²) in [7, 11) is 0. The van der Waals surface area contributed by atoms with Crippen LogP contribution in [0.3, 0.4) is 0 Å². The number of thiazole rings is 1. The maximum Gasteiger partial charge on any atom is 0.183 e. The van der Waals surface area contributed by atoms with E-state index in [0.29, 0.717) is 6.04 Å². The van der Waals surface area contributed by atoms with E-state index in [-0.39, 0.29) is 0 Å². The number of anilines is 1. The molecular formula is C14H18N4S2. The molecule has 0 spiro atoms. The normalized spacial score (nSPS) is 18.9. The minimum atomic E-state index is 0.520. The van der Waals surface area contributed by atoms with Crippen molar-refractivity contribution in [3.8, 4) is 0 Å². The molecule has 1 atom stereocenters. The molecule has 1 saturated heterocycles. The third kappa shape index (κ3) is 3.94. The van der Waals surface area contributed by atoms with E-state index in [1.165, 1.54) is 22.6 Å². The number of hydrogen-bond donors (Lipinski definition) is 2. The lowest BCUT2D eigenvalue weighted by atomic mass is 10.1. The summed E-state index contributed by atoms with van der Waals surface area (Å²) < 4.78 is 1.25. The predicted octanol–water partition coefficient (Wildman–Crippen LogP) is 2.99. The average molecular weight is 306 g/mol. The van der Waals surface area contributed by atoms with E-state index >= 15 is 0 Å². The van der Waals surface area contributed by atoms with E-state index in [4.69, 9.17) is 0 Å². The summed E-state index contributed by atoms with van der Waals surface area (Å²) in [6.45, 7) is 2.18. The minimum Gasteiger partial charge on any atom is -0.357 e. The fraction of sp³-hybridized carbons (Fsp3) is 0.429. The molecule has 3 heterocycles. The van der Waals surface area contributed by atoms with Gasteiger partial charge in [0.1, 0.15) is 0 Å². The van der Waals surface area contributed by atoms with Crippen molar-refractivity contribution >= 4 is 28.2 Å². The predicted molar refractivity (Wildman–Crippen MR) is 85.4 cm³/mol. The summed E-state index contributed by atoms with van der Waals surface area (Å²) in [5, 5.41) is 7.96. The number of hydrogen-bond acceptors (Lipinski definition) is 6. The number of rotatable bonds is 5. The van der Waals surface area contributed by atoms with Crippen molar-refractivity contribution in [2.24, 2.45) is 0 Å². The molecule has 0 bridgehead atoms. The summed E-state index contributed by atoms with van der Waals surface area (Å²) in [6.07, 6.45) is 8.16. The van der Waals surface area contributed by atoms with Crippen LogP contribution in [0.4, 0.5) is 5.13 Å². The van der Waals surface area contributed by atoms with E-state index in [2.05, 4.69) is 26.7 Å². The molecule has 0 aromatic carbocycles. The van der Waals surface area contributed by atoms with E-state index in [1.54, 1.807) is 17.5 Å². The number of piperidine rings is 1. The van der Waals surface area contributed by atoms with E-state index in [9.17, 15) is 0 Å². The van der Waals surface area contributed by atoms with E-state index in [0.717, 1.165) is 24.0 Å². The summed E-state index contributed by atoms with van der Waals surface area (Å²) in [5.74, 6) is 0.945. The van der Waals surface area contributed by atoms with Gasteiger partial charge in [0.05, 0.1) is 10.4 Å². The highest BCUT2D eigenvalue weighted by atomic mass is 32.2. The van der Waals surface area contributed by atoms with Crippen molar-refractivity contribution in [1.82, 2.24) is 15.3 Å².